The molecule has 0 aliphatic carbocycles. The molecule has 2 N–H and O–H groups in total. The van der Waals surface area contributed by atoms with Crippen LogP contribution in [0, 0.1) is 5.82 Å². The zero-order chi connectivity index (χ0) is 22.7. The fourth-order valence-electron chi connectivity index (χ4n) is 4.69. The summed E-state index contributed by atoms with van der Waals surface area (Å²) in [5, 5.41) is 5.82. The van der Waals surface area contributed by atoms with Crippen LogP contribution in [0.3, 0.4) is 0 Å². The highest BCUT2D eigenvalue weighted by molar-refractivity contribution is 5.89. The van der Waals surface area contributed by atoms with Crippen LogP contribution in [-0.4, -0.2) is 41.6 Å². The normalized spacial score (nSPS) is 19.2. The molecule has 1 spiro atoms. The number of para-hydroxylation sites is 1. The predicted octanol–water partition coefficient (Wildman–Crippen LogP) is 4.67. The van der Waals surface area contributed by atoms with E-state index in [9.17, 15) is 14.0 Å². The topological polar surface area (TPSA) is 70.7 Å². The van der Waals surface area contributed by atoms with E-state index in [0.29, 0.717) is 38.0 Å². The van der Waals surface area contributed by atoms with Gasteiger partial charge in [0.15, 0.2) is 0 Å². The third-order valence-electron chi connectivity index (χ3n) is 6.24. The smallest absolute Gasteiger partial charge is 0.321 e. The Labute approximate surface area is 188 Å². The van der Waals surface area contributed by atoms with Crippen molar-refractivity contribution in [2.45, 2.75) is 57.1 Å². The molecule has 1 atom stereocenters. The van der Waals surface area contributed by atoms with Crippen molar-refractivity contribution >= 4 is 17.6 Å². The highest BCUT2D eigenvalue weighted by Crippen LogP contribution is 2.46. The van der Waals surface area contributed by atoms with Crippen LogP contribution in [0.15, 0.2) is 48.5 Å². The summed E-state index contributed by atoms with van der Waals surface area (Å²) in [6.45, 7) is 5.04. The first-order chi connectivity index (χ1) is 15.3. The van der Waals surface area contributed by atoms with Crippen LogP contribution >= 0.6 is 0 Å². The second-order valence-corrected chi connectivity index (χ2v) is 9.07. The Bertz CT molecular complexity index is 969. The maximum atomic E-state index is 13.1. The maximum absolute atomic E-state index is 13.1. The Balaban J connectivity index is 1.42. The summed E-state index contributed by atoms with van der Waals surface area (Å²) >= 11 is 0. The second kappa shape index (κ2) is 9.18. The van der Waals surface area contributed by atoms with E-state index in [4.69, 9.17) is 4.74 Å². The van der Waals surface area contributed by atoms with Gasteiger partial charge in [-0.1, -0.05) is 18.2 Å². The molecule has 4 rings (SSSR count). The fourth-order valence-corrected chi connectivity index (χ4v) is 4.69. The number of hydrogen-bond acceptors (Lipinski definition) is 3. The third kappa shape index (κ3) is 5.03. The molecular formula is C25H30FN3O3. The number of piperidine rings is 1. The quantitative estimate of drug-likeness (QED) is 0.727. The first-order valence-corrected chi connectivity index (χ1v) is 11.2. The monoisotopic (exact) mass is 439 g/mol. The number of benzene rings is 2. The summed E-state index contributed by atoms with van der Waals surface area (Å²) in [4.78, 5) is 26.9. The minimum absolute atomic E-state index is 0.0490. The van der Waals surface area contributed by atoms with Crippen molar-refractivity contribution in [1.82, 2.24) is 10.2 Å². The lowest BCUT2D eigenvalue weighted by atomic mass is 9.76. The zero-order valence-corrected chi connectivity index (χ0v) is 18.6. The molecule has 2 aromatic rings. The molecular weight excluding hydrogens is 409 g/mol. The number of rotatable bonds is 4. The van der Waals surface area contributed by atoms with E-state index in [1.807, 2.05) is 38.1 Å². The molecule has 0 saturated carbocycles. The van der Waals surface area contributed by atoms with Crippen LogP contribution in [0.25, 0.3) is 0 Å². The summed E-state index contributed by atoms with van der Waals surface area (Å²) in [5.74, 6) is 0.630. The lowest BCUT2D eigenvalue weighted by Crippen LogP contribution is -2.52. The summed E-state index contributed by atoms with van der Waals surface area (Å²) in [7, 11) is 0. The van der Waals surface area contributed by atoms with Crippen molar-refractivity contribution < 1.29 is 18.7 Å². The number of ether oxygens (including phenoxy) is 1. The van der Waals surface area contributed by atoms with E-state index in [1.54, 1.807) is 17.0 Å². The van der Waals surface area contributed by atoms with Crippen LogP contribution in [0.1, 0.15) is 51.0 Å². The van der Waals surface area contributed by atoms with Gasteiger partial charge in [-0.2, -0.15) is 0 Å². The summed E-state index contributed by atoms with van der Waals surface area (Å²) < 4.78 is 19.6. The van der Waals surface area contributed by atoms with Gasteiger partial charge in [-0.15, -0.1) is 0 Å². The second-order valence-electron chi connectivity index (χ2n) is 9.07. The van der Waals surface area contributed by atoms with Gasteiger partial charge < -0.3 is 20.3 Å². The van der Waals surface area contributed by atoms with Gasteiger partial charge >= 0.3 is 6.03 Å². The van der Waals surface area contributed by atoms with Crippen LogP contribution in [0.2, 0.25) is 0 Å². The number of carbonyl (C=O) groups is 2. The maximum Gasteiger partial charge on any atom is 0.321 e. The molecule has 1 saturated heterocycles. The van der Waals surface area contributed by atoms with Crippen molar-refractivity contribution in [2.75, 3.05) is 18.4 Å². The number of anilines is 1. The Morgan fingerprint density at radius 2 is 1.81 bits per heavy atom. The lowest BCUT2D eigenvalue weighted by Gasteiger charge is -2.46. The standard InChI is InChI=1S/C25H30FN3O3/c1-17(2)27-23(30)15-18-16-25(32-22-6-4-3-5-21(18)22)11-13-29(14-12-25)24(31)28-20-9-7-19(26)8-10-20/h3-10,17-18H,11-16H2,1-2H3,(H,27,30)(H,28,31). The fraction of sp³-hybridized carbons (Fsp3) is 0.440. The molecule has 2 aliphatic rings. The number of nitrogens with zero attached hydrogens (tertiary/aromatic N) is 1. The highest BCUT2D eigenvalue weighted by Gasteiger charge is 2.44. The third-order valence-corrected chi connectivity index (χ3v) is 6.24. The van der Waals surface area contributed by atoms with Gasteiger partial charge in [-0.3, -0.25) is 4.79 Å². The van der Waals surface area contributed by atoms with E-state index in [-0.39, 0.29) is 35.3 Å². The van der Waals surface area contributed by atoms with Crippen molar-refractivity contribution in [2.24, 2.45) is 0 Å². The number of amides is 3. The number of carbonyl (C=O) groups excluding carboxylic acids is 2. The zero-order valence-electron chi connectivity index (χ0n) is 18.6. The van der Waals surface area contributed by atoms with Gasteiger partial charge in [0.25, 0.3) is 0 Å². The first kappa shape index (κ1) is 22.1. The SMILES string of the molecule is CC(C)NC(=O)CC1CC2(CCN(C(=O)Nc3ccc(F)cc3)CC2)Oc2ccccc21. The number of halogens is 1. The van der Waals surface area contributed by atoms with E-state index in [1.165, 1.54) is 12.1 Å². The average molecular weight is 440 g/mol. The van der Waals surface area contributed by atoms with E-state index >= 15 is 0 Å². The Morgan fingerprint density at radius 1 is 1.12 bits per heavy atom. The molecule has 2 heterocycles. The van der Waals surface area contributed by atoms with E-state index < -0.39 is 0 Å². The summed E-state index contributed by atoms with van der Waals surface area (Å²) in [6, 6.07) is 13.6. The Kier molecular flexibility index (Phi) is 6.35. The molecule has 0 aromatic heterocycles. The number of hydrogen-bond donors (Lipinski definition) is 2. The molecule has 0 radical (unpaired) electrons. The summed E-state index contributed by atoms with van der Waals surface area (Å²) in [6.07, 6.45) is 2.57. The van der Waals surface area contributed by atoms with Crippen molar-refractivity contribution in [1.29, 1.82) is 0 Å². The molecule has 1 fully saturated rings. The summed E-state index contributed by atoms with van der Waals surface area (Å²) in [5.41, 5.74) is 1.26. The van der Waals surface area contributed by atoms with Crippen LogP contribution < -0.4 is 15.4 Å². The van der Waals surface area contributed by atoms with E-state index in [0.717, 1.165) is 17.7 Å². The molecule has 7 heteroatoms. The molecule has 32 heavy (non-hydrogen) atoms. The highest BCUT2D eigenvalue weighted by atomic mass is 19.1. The Morgan fingerprint density at radius 3 is 2.50 bits per heavy atom. The molecule has 1 unspecified atom stereocenters. The van der Waals surface area contributed by atoms with Gasteiger partial charge in [0.1, 0.15) is 17.2 Å². The minimum atomic E-state index is -0.385. The minimum Gasteiger partial charge on any atom is -0.487 e. The van der Waals surface area contributed by atoms with E-state index in [2.05, 4.69) is 10.6 Å². The van der Waals surface area contributed by atoms with Gasteiger partial charge in [-0.05, 0) is 56.2 Å². The molecule has 170 valence electrons. The number of likely N-dealkylation sites (tertiary alicyclic amines) is 1. The number of urea groups is 1. The van der Waals surface area contributed by atoms with Crippen LogP contribution in [0.5, 0.6) is 5.75 Å². The first-order valence-electron chi connectivity index (χ1n) is 11.2. The van der Waals surface area contributed by atoms with Gasteiger partial charge in [0.2, 0.25) is 5.91 Å². The lowest BCUT2D eigenvalue weighted by molar-refractivity contribution is -0.122. The van der Waals surface area contributed by atoms with Crippen molar-refractivity contribution in [3.8, 4) is 5.75 Å². The largest absolute Gasteiger partial charge is 0.487 e. The predicted molar refractivity (Wildman–Crippen MR) is 121 cm³/mol. The van der Waals surface area contributed by atoms with Crippen LogP contribution in [-0.2, 0) is 4.79 Å². The molecule has 2 aromatic carbocycles. The number of fused-ring (bicyclic) bond motifs is 1. The molecule has 0 bridgehead atoms. The average Bonchev–Trinajstić information content (AvgIpc) is 2.75. The number of nitrogens with one attached hydrogen (secondary N) is 2. The van der Waals surface area contributed by atoms with Gasteiger partial charge in [0.05, 0.1) is 0 Å². The van der Waals surface area contributed by atoms with Crippen molar-refractivity contribution in [3.63, 3.8) is 0 Å². The van der Waals surface area contributed by atoms with Gasteiger partial charge in [0, 0.05) is 50.0 Å². The Hall–Kier alpha value is -3.09. The van der Waals surface area contributed by atoms with Crippen LogP contribution in [0.4, 0.5) is 14.9 Å². The molecule has 6 nitrogen and oxygen atoms in total. The van der Waals surface area contributed by atoms with Crippen molar-refractivity contribution in [3.05, 3.63) is 59.9 Å². The van der Waals surface area contributed by atoms with Gasteiger partial charge in [-0.25, -0.2) is 9.18 Å². The molecule has 2 aliphatic heterocycles. The molecule has 3 amide bonds.